The van der Waals surface area contributed by atoms with E-state index < -0.39 is 11.2 Å². The first-order valence-electron chi connectivity index (χ1n) is 5.31. The van der Waals surface area contributed by atoms with Crippen LogP contribution >= 0.6 is 11.3 Å². The summed E-state index contributed by atoms with van der Waals surface area (Å²) in [5.41, 5.74) is 0. The van der Waals surface area contributed by atoms with Crippen LogP contribution in [0.25, 0.3) is 0 Å². The van der Waals surface area contributed by atoms with Crippen molar-refractivity contribution in [2.75, 3.05) is 6.54 Å². The van der Waals surface area contributed by atoms with Gasteiger partial charge in [-0.05, 0) is 32.2 Å². The lowest BCUT2D eigenvalue weighted by molar-refractivity contribution is -0.137. The minimum Gasteiger partial charge on any atom is -0.314 e. The highest BCUT2D eigenvalue weighted by molar-refractivity contribution is 7.11. The van der Waals surface area contributed by atoms with Gasteiger partial charge < -0.3 is 5.32 Å². The quantitative estimate of drug-likeness (QED) is 0.813. The standard InChI is InChI=1S/C10H13F3N2S/c11-10(12,13)9-15-6-8(16-9)2-1-5-14-7-3-4-7/h6-7,14H,1-5H2. The Morgan fingerprint density at radius 2 is 2.19 bits per heavy atom. The minimum absolute atomic E-state index is 0.659. The second kappa shape index (κ2) is 4.71. The van der Waals surface area contributed by atoms with Crippen molar-refractivity contribution < 1.29 is 13.2 Å². The lowest BCUT2D eigenvalue weighted by atomic mass is 10.3. The molecule has 0 aliphatic heterocycles. The monoisotopic (exact) mass is 250 g/mol. The summed E-state index contributed by atoms with van der Waals surface area (Å²) in [5, 5.41) is 2.59. The van der Waals surface area contributed by atoms with E-state index in [0.717, 1.165) is 24.3 Å². The largest absolute Gasteiger partial charge is 0.443 e. The Kier molecular flexibility index (Phi) is 3.49. The number of rotatable bonds is 5. The van der Waals surface area contributed by atoms with Gasteiger partial charge in [0.2, 0.25) is 0 Å². The van der Waals surface area contributed by atoms with Crippen LogP contribution in [0.15, 0.2) is 6.20 Å². The zero-order valence-corrected chi connectivity index (χ0v) is 9.50. The molecule has 1 aliphatic rings. The molecule has 1 heterocycles. The topological polar surface area (TPSA) is 24.9 Å². The molecule has 0 unspecified atom stereocenters. The summed E-state index contributed by atoms with van der Waals surface area (Å²) in [6.07, 6.45) is 1.06. The molecule has 6 heteroatoms. The number of aromatic nitrogens is 1. The van der Waals surface area contributed by atoms with Gasteiger partial charge in [-0.1, -0.05) is 0 Å². The molecular formula is C10H13F3N2S. The molecule has 1 aromatic rings. The van der Waals surface area contributed by atoms with Crippen LogP contribution in [0.4, 0.5) is 13.2 Å². The normalized spacial score (nSPS) is 16.7. The Balaban J connectivity index is 1.73. The zero-order valence-electron chi connectivity index (χ0n) is 8.68. The van der Waals surface area contributed by atoms with Gasteiger partial charge in [0.05, 0.1) is 0 Å². The van der Waals surface area contributed by atoms with Gasteiger partial charge in [0.25, 0.3) is 0 Å². The third-order valence-corrected chi connectivity index (χ3v) is 3.51. The van der Waals surface area contributed by atoms with Crippen molar-refractivity contribution in [2.45, 2.75) is 37.9 Å². The second-order valence-corrected chi connectivity index (χ2v) is 5.08. The van der Waals surface area contributed by atoms with Crippen LogP contribution in [0.3, 0.4) is 0 Å². The van der Waals surface area contributed by atoms with E-state index in [1.54, 1.807) is 0 Å². The Labute approximate surface area is 95.9 Å². The summed E-state index contributed by atoms with van der Waals surface area (Å²) in [7, 11) is 0. The summed E-state index contributed by atoms with van der Waals surface area (Å²) in [5.74, 6) is 0. The van der Waals surface area contributed by atoms with Crippen molar-refractivity contribution in [2.24, 2.45) is 0 Å². The highest BCUT2D eigenvalue weighted by Gasteiger charge is 2.34. The lowest BCUT2D eigenvalue weighted by Gasteiger charge is -2.01. The summed E-state index contributed by atoms with van der Waals surface area (Å²) >= 11 is 0.750. The number of hydrogen-bond acceptors (Lipinski definition) is 3. The van der Waals surface area contributed by atoms with Crippen molar-refractivity contribution >= 4 is 11.3 Å². The maximum Gasteiger partial charge on any atom is 0.443 e. The van der Waals surface area contributed by atoms with Gasteiger partial charge in [-0.2, -0.15) is 13.2 Å². The van der Waals surface area contributed by atoms with Crippen LogP contribution in [-0.4, -0.2) is 17.6 Å². The van der Waals surface area contributed by atoms with Gasteiger partial charge >= 0.3 is 6.18 Å². The first-order valence-corrected chi connectivity index (χ1v) is 6.12. The van der Waals surface area contributed by atoms with Crippen LogP contribution in [-0.2, 0) is 12.6 Å². The van der Waals surface area contributed by atoms with Gasteiger partial charge in [-0.25, -0.2) is 4.98 Å². The lowest BCUT2D eigenvalue weighted by Crippen LogP contribution is -2.17. The van der Waals surface area contributed by atoms with Crippen molar-refractivity contribution in [3.63, 3.8) is 0 Å². The van der Waals surface area contributed by atoms with Crippen molar-refractivity contribution in [3.8, 4) is 0 Å². The third kappa shape index (κ3) is 3.45. The van der Waals surface area contributed by atoms with E-state index >= 15 is 0 Å². The molecule has 0 bridgehead atoms. The van der Waals surface area contributed by atoms with Crippen molar-refractivity contribution in [1.82, 2.24) is 10.3 Å². The number of aryl methyl sites for hydroxylation is 1. The summed E-state index contributed by atoms with van der Waals surface area (Å²) in [6, 6.07) is 0.659. The molecule has 1 aliphatic carbocycles. The molecular weight excluding hydrogens is 237 g/mol. The fourth-order valence-corrected chi connectivity index (χ4v) is 2.23. The molecule has 1 aromatic heterocycles. The maximum absolute atomic E-state index is 12.2. The van der Waals surface area contributed by atoms with Crippen LogP contribution in [0.5, 0.6) is 0 Å². The second-order valence-electron chi connectivity index (χ2n) is 3.96. The SMILES string of the molecule is FC(F)(F)c1ncc(CCCNC2CC2)s1. The van der Waals surface area contributed by atoms with E-state index in [4.69, 9.17) is 0 Å². The zero-order chi connectivity index (χ0) is 11.6. The molecule has 1 fully saturated rings. The predicted molar refractivity (Wildman–Crippen MR) is 56.5 cm³/mol. The maximum atomic E-state index is 12.2. The first-order chi connectivity index (χ1) is 7.55. The fraction of sp³-hybridized carbons (Fsp3) is 0.700. The number of hydrogen-bond donors (Lipinski definition) is 1. The van der Waals surface area contributed by atoms with E-state index in [0.29, 0.717) is 17.3 Å². The fourth-order valence-electron chi connectivity index (χ4n) is 1.41. The Bertz CT molecular complexity index is 344. The Morgan fingerprint density at radius 3 is 2.75 bits per heavy atom. The summed E-state index contributed by atoms with van der Waals surface area (Å²) < 4.78 is 36.7. The van der Waals surface area contributed by atoms with E-state index in [9.17, 15) is 13.2 Å². The molecule has 1 N–H and O–H groups in total. The Hall–Kier alpha value is -0.620. The predicted octanol–water partition coefficient (Wildman–Crippen LogP) is 2.85. The van der Waals surface area contributed by atoms with Gasteiger partial charge in [-0.15, -0.1) is 11.3 Å². The third-order valence-electron chi connectivity index (χ3n) is 2.41. The van der Waals surface area contributed by atoms with E-state index in [1.165, 1.54) is 19.0 Å². The number of alkyl halides is 3. The highest BCUT2D eigenvalue weighted by Crippen LogP contribution is 2.32. The number of nitrogens with zero attached hydrogens (tertiary/aromatic N) is 1. The van der Waals surface area contributed by atoms with Crippen LogP contribution in [0, 0.1) is 0 Å². The molecule has 0 spiro atoms. The van der Waals surface area contributed by atoms with Crippen LogP contribution in [0.2, 0.25) is 0 Å². The summed E-state index contributed by atoms with van der Waals surface area (Å²) in [6.45, 7) is 0.879. The molecule has 16 heavy (non-hydrogen) atoms. The van der Waals surface area contributed by atoms with Crippen LogP contribution in [0.1, 0.15) is 29.1 Å². The van der Waals surface area contributed by atoms with Gasteiger partial charge in [0.1, 0.15) is 0 Å². The van der Waals surface area contributed by atoms with Crippen LogP contribution < -0.4 is 5.32 Å². The molecule has 0 atom stereocenters. The van der Waals surface area contributed by atoms with Gasteiger partial charge in [-0.3, -0.25) is 0 Å². The number of halogens is 3. The summed E-state index contributed by atoms with van der Waals surface area (Å²) in [4.78, 5) is 4.10. The molecule has 1 saturated carbocycles. The van der Waals surface area contributed by atoms with E-state index in [-0.39, 0.29) is 0 Å². The van der Waals surface area contributed by atoms with Crippen molar-refractivity contribution in [3.05, 3.63) is 16.1 Å². The molecule has 0 amide bonds. The number of thiazole rings is 1. The highest BCUT2D eigenvalue weighted by atomic mass is 32.1. The van der Waals surface area contributed by atoms with E-state index in [1.807, 2.05) is 0 Å². The average molecular weight is 250 g/mol. The molecule has 0 saturated heterocycles. The van der Waals surface area contributed by atoms with E-state index in [2.05, 4.69) is 10.3 Å². The van der Waals surface area contributed by atoms with Gasteiger partial charge in [0.15, 0.2) is 5.01 Å². The molecule has 0 aromatic carbocycles. The minimum atomic E-state index is -4.30. The molecule has 90 valence electrons. The first kappa shape index (κ1) is 11.9. The smallest absolute Gasteiger partial charge is 0.314 e. The average Bonchev–Trinajstić information content (AvgIpc) is 2.88. The molecule has 2 rings (SSSR count). The Morgan fingerprint density at radius 1 is 1.44 bits per heavy atom. The van der Waals surface area contributed by atoms with Crippen molar-refractivity contribution in [1.29, 1.82) is 0 Å². The number of nitrogens with one attached hydrogen (secondary N) is 1. The molecule has 0 radical (unpaired) electrons. The molecule has 2 nitrogen and oxygen atoms in total. The van der Waals surface area contributed by atoms with Gasteiger partial charge in [0, 0.05) is 17.1 Å².